The molecule has 4 heterocycles. The minimum absolute atomic E-state index is 0.151. The van der Waals surface area contributed by atoms with Crippen molar-refractivity contribution in [1.29, 1.82) is 0 Å². The van der Waals surface area contributed by atoms with Gasteiger partial charge in [0.25, 0.3) is 5.91 Å². The molecule has 0 spiro atoms. The monoisotopic (exact) mass is 492 g/mol. The van der Waals surface area contributed by atoms with Crippen molar-refractivity contribution < 1.29 is 24.5 Å². The molecule has 2 aromatic heterocycles. The highest BCUT2D eigenvalue weighted by Gasteiger charge is 2.47. The van der Waals surface area contributed by atoms with Gasteiger partial charge >= 0.3 is 0 Å². The van der Waals surface area contributed by atoms with Crippen molar-refractivity contribution in [1.82, 2.24) is 45.7 Å². The van der Waals surface area contributed by atoms with Gasteiger partial charge in [0.15, 0.2) is 23.8 Å². The van der Waals surface area contributed by atoms with Crippen LogP contribution in [0.4, 0.5) is 5.82 Å². The molecule has 15 heteroatoms. The van der Waals surface area contributed by atoms with Crippen molar-refractivity contribution in [3.05, 3.63) is 12.7 Å². The van der Waals surface area contributed by atoms with E-state index >= 15 is 0 Å². The molecule has 2 aromatic rings. The molecule has 2 fully saturated rings. The number of hydrogen-bond donors (Lipinski definition) is 7. The highest BCUT2D eigenvalue weighted by atomic mass is 16.6. The second kappa shape index (κ2) is 11.7. The van der Waals surface area contributed by atoms with Crippen LogP contribution in [0.1, 0.15) is 6.23 Å². The van der Waals surface area contributed by atoms with Crippen molar-refractivity contribution in [3.8, 4) is 0 Å². The summed E-state index contributed by atoms with van der Waals surface area (Å²) in [7, 11) is 0. The Hall–Kier alpha value is -2.95. The zero-order valence-corrected chi connectivity index (χ0v) is 19.3. The Morgan fingerprint density at radius 1 is 1.03 bits per heavy atom. The number of nitrogens with two attached hydrogens (primary N) is 1. The van der Waals surface area contributed by atoms with E-state index in [1.54, 1.807) is 4.90 Å². The summed E-state index contributed by atoms with van der Waals surface area (Å²) in [5.74, 6) is -0.810. The van der Waals surface area contributed by atoms with Crippen molar-refractivity contribution in [2.75, 3.05) is 64.6 Å². The fraction of sp³-hybridized carbons (Fsp3) is 0.650. The normalized spacial score (nSPS) is 26.7. The minimum atomic E-state index is -1.52. The molecule has 0 radical (unpaired) electrons. The molecule has 4 atom stereocenters. The van der Waals surface area contributed by atoms with E-state index in [-0.39, 0.29) is 18.3 Å². The number of fused-ring (bicyclic) bond motifs is 1. The first-order valence-electron chi connectivity index (χ1n) is 11.6. The molecule has 2 aliphatic heterocycles. The quantitative estimate of drug-likeness (QED) is 0.217. The molecule has 0 aromatic carbocycles. The zero-order chi connectivity index (χ0) is 24.8. The topological polar surface area (TPSA) is 205 Å². The van der Waals surface area contributed by atoms with Crippen molar-refractivity contribution >= 4 is 28.8 Å². The summed E-state index contributed by atoms with van der Waals surface area (Å²) in [5, 5.41) is 33.4. The van der Waals surface area contributed by atoms with Gasteiger partial charge in [0.05, 0.1) is 12.9 Å². The van der Waals surface area contributed by atoms with Gasteiger partial charge in [0.1, 0.15) is 24.1 Å². The summed E-state index contributed by atoms with van der Waals surface area (Å²) in [5.41, 5.74) is 6.39. The van der Waals surface area contributed by atoms with Crippen LogP contribution in [0, 0.1) is 0 Å². The average molecular weight is 493 g/mol. The van der Waals surface area contributed by atoms with Crippen molar-refractivity contribution in [2.24, 2.45) is 0 Å². The number of ether oxygens (including phenoxy) is 1. The number of imidazole rings is 1. The van der Waals surface area contributed by atoms with Crippen LogP contribution in [-0.4, -0.2) is 124 Å². The predicted octanol–water partition coefficient (Wildman–Crippen LogP) is -4.25. The van der Waals surface area contributed by atoms with Crippen LogP contribution in [0.25, 0.3) is 11.2 Å². The largest absolute Gasteiger partial charge is 0.387 e. The summed E-state index contributed by atoms with van der Waals surface area (Å²) < 4.78 is 7.05. The van der Waals surface area contributed by atoms with Gasteiger partial charge in [-0.15, -0.1) is 0 Å². The van der Waals surface area contributed by atoms with Crippen LogP contribution in [0.3, 0.4) is 0 Å². The fourth-order valence-corrected chi connectivity index (χ4v) is 4.06. The standard InChI is InChI=1S/C20H32N10O5/c21-17-13-18(27-10-26-17)30(11-28-13)20-15(33)14(32)16(35-20)19(34)25-9-12(31)29-7-5-23-3-1-22-2-4-24-6-8-29/h10-11,14-16,20,22-24,32-33H,1-9H2,(H,25,34)(H2,21,26,27). The Labute approximate surface area is 201 Å². The second-order valence-electron chi connectivity index (χ2n) is 8.36. The lowest BCUT2D eigenvalue weighted by atomic mass is 10.1. The first-order chi connectivity index (χ1) is 17.0. The van der Waals surface area contributed by atoms with E-state index in [1.807, 2.05) is 0 Å². The molecule has 192 valence electrons. The SMILES string of the molecule is Nc1ncnc2c1ncn2C1OC(C(=O)NCC(=O)N2CCNCCNCCNCC2)C(O)C1O. The summed E-state index contributed by atoms with van der Waals surface area (Å²) in [6.45, 7) is 5.28. The van der Waals surface area contributed by atoms with Gasteiger partial charge < -0.3 is 46.9 Å². The first kappa shape index (κ1) is 25.2. The van der Waals surface area contributed by atoms with Gasteiger partial charge in [0, 0.05) is 52.4 Å². The minimum Gasteiger partial charge on any atom is -0.387 e. The Bertz CT molecular complexity index is 1010. The number of carbonyl (C=O) groups excluding carboxylic acids is 2. The molecule has 0 aliphatic carbocycles. The number of hydrogen-bond acceptors (Lipinski definition) is 12. The number of carbonyl (C=O) groups is 2. The number of amides is 2. The van der Waals surface area contributed by atoms with E-state index in [9.17, 15) is 19.8 Å². The van der Waals surface area contributed by atoms with Crippen LogP contribution in [0.15, 0.2) is 12.7 Å². The third-order valence-corrected chi connectivity index (χ3v) is 6.00. The number of aliphatic hydroxyl groups is 2. The maximum atomic E-state index is 12.8. The van der Waals surface area contributed by atoms with E-state index in [0.717, 1.165) is 26.2 Å². The smallest absolute Gasteiger partial charge is 0.252 e. The number of rotatable bonds is 4. The second-order valence-corrected chi connectivity index (χ2v) is 8.36. The zero-order valence-electron chi connectivity index (χ0n) is 19.3. The van der Waals surface area contributed by atoms with Gasteiger partial charge in [-0.25, -0.2) is 15.0 Å². The predicted molar refractivity (Wildman–Crippen MR) is 124 cm³/mol. The Morgan fingerprint density at radius 3 is 2.37 bits per heavy atom. The number of aromatic nitrogens is 4. The van der Waals surface area contributed by atoms with E-state index < -0.39 is 30.4 Å². The van der Waals surface area contributed by atoms with Crippen molar-refractivity contribution in [3.63, 3.8) is 0 Å². The summed E-state index contributed by atoms with van der Waals surface area (Å²) in [6.07, 6.45) is -2.88. The number of nitrogens with zero attached hydrogens (tertiary/aromatic N) is 5. The molecule has 0 saturated carbocycles. The van der Waals surface area contributed by atoms with Crippen LogP contribution in [0.2, 0.25) is 0 Å². The first-order valence-corrected chi connectivity index (χ1v) is 11.6. The van der Waals surface area contributed by atoms with E-state index in [2.05, 4.69) is 36.2 Å². The molecule has 35 heavy (non-hydrogen) atoms. The molecular formula is C20H32N10O5. The third kappa shape index (κ3) is 5.83. The van der Waals surface area contributed by atoms with Gasteiger partial charge in [-0.05, 0) is 0 Å². The molecule has 8 N–H and O–H groups in total. The van der Waals surface area contributed by atoms with E-state index in [0.29, 0.717) is 37.3 Å². The molecule has 4 rings (SSSR count). The lowest BCUT2D eigenvalue weighted by molar-refractivity contribution is -0.140. The Morgan fingerprint density at radius 2 is 1.69 bits per heavy atom. The maximum Gasteiger partial charge on any atom is 0.252 e. The number of anilines is 1. The average Bonchev–Trinajstić information content (AvgIpc) is 3.39. The summed E-state index contributed by atoms with van der Waals surface area (Å²) >= 11 is 0. The highest BCUT2D eigenvalue weighted by Crippen LogP contribution is 2.32. The van der Waals surface area contributed by atoms with Crippen LogP contribution < -0.4 is 27.0 Å². The Balaban J connectivity index is 1.34. The van der Waals surface area contributed by atoms with Crippen molar-refractivity contribution in [2.45, 2.75) is 24.5 Å². The van der Waals surface area contributed by atoms with E-state index in [1.165, 1.54) is 17.2 Å². The summed E-state index contributed by atoms with van der Waals surface area (Å²) in [4.78, 5) is 39.3. The van der Waals surface area contributed by atoms with Crippen LogP contribution in [0.5, 0.6) is 0 Å². The maximum absolute atomic E-state index is 12.8. The molecule has 4 unspecified atom stereocenters. The molecule has 0 bridgehead atoms. The van der Waals surface area contributed by atoms with Gasteiger partial charge in [-0.2, -0.15) is 0 Å². The lowest BCUT2D eigenvalue weighted by Crippen LogP contribution is -2.49. The molecule has 2 saturated heterocycles. The number of nitrogen functional groups attached to an aromatic ring is 1. The molecule has 2 aliphatic rings. The highest BCUT2D eigenvalue weighted by molar-refractivity contribution is 5.87. The molecular weight excluding hydrogens is 460 g/mol. The fourth-order valence-electron chi connectivity index (χ4n) is 4.06. The molecule has 2 amide bonds. The van der Waals surface area contributed by atoms with Crippen LogP contribution >= 0.6 is 0 Å². The lowest BCUT2D eigenvalue weighted by Gasteiger charge is -2.24. The van der Waals surface area contributed by atoms with Gasteiger partial charge in [0.2, 0.25) is 5.91 Å². The number of aliphatic hydroxyl groups excluding tert-OH is 2. The van der Waals surface area contributed by atoms with E-state index in [4.69, 9.17) is 10.5 Å². The van der Waals surface area contributed by atoms with Gasteiger partial charge in [-0.3, -0.25) is 14.2 Å². The van der Waals surface area contributed by atoms with Crippen LogP contribution in [-0.2, 0) is 14.3 Å². The molecule has 15 nitrogen and oxygen atoms in total. The number of nitrogens with one attached hydrogen (secondary N) is 4. The summed E-state index contributed by atoms with van der Waals surface area (Å²) in [6, 6.07) is 0. The Kier molecular flexibility index (Phi) is 8.37. The van der Waals surface area contributed by atoms with Gasteiger partial charge in [-0.1, -0.05) is 0 Å². The third-order valence-electron chi connectivity index (χ3n) is 6.00.